The first-order valence-corrected chi connectivity index (χ1v) is 8.53. The fourth-order valence-electron chi connectivity index (χ4n) is 2.36. The van der Waals surface area contributed by atoms with Crippen LogP contribution < -0.4 is 5.73 Å². The topological polar surface area (TPSA) is 80.7 Å². The average molecular weight is 316 g/mol. The van der Waals surface area contributed by atoms with Crippen molar-refractivity contribution in [3.8, 4) is 0 Å². The summed E-state index contributed by atoms with van der Waals surface area (Å²) in [5.41, 5.74) is 8.51. The van der Waals surface area contributed by atoms with E-state index in [0.717, 1.165) is 24.1 Å². The van der Waals surface area contributed by atoms with E-state index in [1.807, 2.05) is 18.3 Å². The van der Waals surface area contributed by atoms with Crippen LogP contribution in [0.1, 0.15) is 37.3 Å². The molecule has 3 N–H and O–H groups in total. The highest BCUT2D eigenvalue weighted by molar-refractivity contribution is 7.99. The number of para-hydroxylation sites is 1. The SMILES string of the molecule is CCCCSc1nnc([C@@H](N)Cc2c[nH]c3ccccc23)o1. The maximum absolute atomic E-state index is 6.23. The normalized spacial score (nSPS) is 12.8. The third kappa shape index (κ3) is 3.34. The Kier molecular flexibility index (Phi) is 4.80. The van der Waals surface area contributed by atoms with Gasteiger partial charge in [-0.25, -0.2) is 0 Å². The Hall–Kier alpha value is -1.79. The molecule has 0 fully saturated rings. The zero-order valence-corrected chi connectivity index (χ0v) is 13.4. The Labute approximate surface area is 133 Å². The van der Waals surface area contributed by atoms with Gasteiger partial charge in [0.2, 0.25) is 5.89 Å². The van der Waals surface area contributed by atoms with Gasteiger partial charge >= 0.3 is 0 Å². The second-order valence-corrected chi connectivity index (χ2v) is 6.32. The molecule has 0 unspecified atom stereocenters. The van der Waals surface area contributed by atoms with E-state index in [9.17, 15) is 0 Å². The molecule has 0 aliphatic rings. The number of H-pyrrole nitrogens is 1. The highest BCUT2D eigenvalue weighted by Crippen LogP contribution is 2.24. The minimum Gasteiger partial charge on any atom is -0.414 e. The third-order valence-electron chi connectivity index (χ3n) is 3.58. The van der Waals surface area contributed by atoms with Gasteiger partial charge in [0.05, 0.1) is 6.04 Å². The number of benzene rings is 1. The third-order valence-corrected chi connectivity index (χ3v) is 4.48. The van der Waals surface area contributed by atoms with E-state index in [2.05, 4.69) is 34.2 Å². The molecule has 0 bridgehead atoms. The molecule has 0 aliphatic carbocycles. The predicted molar refractivity (Wildman–Crippen MR) is 88.9 cm³/mol. The van der Waals surface area contributed by atoms with Gasteiger partial charge in [0.25, 0.3) is 5.22 Å². The highest BCUT2D eigenvalue weighted by Gasteiger charge is 2.17. The van der Waals surface area contributed by atoms with Crippen molar-refractivity contribution in [3.05, 3.63) is 41.9 Å². The van der Waals surface area contributed by atoms with Crippen LogP contribution >= 0.6 is 11.8 Å². The standard InChI is InChI=1S/C16H20N4OS/c1-2-3-8-22-16-20-19-15(21-16)13(17)9-11-10-18-14-7-5-4-6-12(11)14/h4-7,10,13,18H,2-3,8-9,17H2,1H3/t13-/m0/s1. The Bertz CT molecular complexity index is 736. The molecule has 0 radical (unpaired) electrons. The van der Waals surface area contributed by atoms with E-state index in [1.54, 1.807) is 11.8 Å². The number of nitrogens with one attached hydrogen (secondary N) is 1. The fraction of sp³-hybridized carbons (Fsp3) is 0.375. The van der Waals surface area contributed by atoms with Crippen LogP contribution in [-0.4, -0.2) is 20.9 Å². The van der Waals surface area contributed by atoms with Gasteiger partial charge in [-0.1, -0.05) is 43.3 Å². The molecule has 0 spiro atoms. The van der Waals surface area contributed by atoms with Crippen molar-refractivity contribution in [2.24, 2.45) is 5.73 Å². The van der Waals surface area contributed by atoms with Crippen molar-refractivity contribution < 1.29 is 4.42 Å². The summed E-state index contributed by atoms with van der Waals surface area (Å²) in [5.74, 6) is 1.50. The number of aromatic nitrogens is 3. The van der Waals surface area contributed by atoms with Crippen LogP contribution in [0.3, 0.4) is 0 Å². The molecule has 1 atom stereocenters. The number of rotatable bonds is 7. The lowest BCUT2D eigenvalue weighted by molar-refractivity contribution is 0.385. The molecule has 3 rings (SSSR count). The average Bonchev–Trinajstić information content (AvgIpc) is 3.15. The Balaban J connectivity index is 1.68. The first kappa shape index (κ1) is 15.1. The number of aromatic amines is 1. The number of hydrogen-bond acceptors (Lipinski definition) is 5. The lowest BCUT2D eigenvalue weighted by Crippen LogP contribution is -2.13. The van der Waals surface area contributed by atoms with Gasteiger partial charge in [-0.2, -0.15) is 0 Å². The lowest BCUT2D eigenvalue weighted by Gasteiger charge is -2.05. The Morgan fingerprint density at radius 1 is 1.32 bits per heavy atom. The van der Waals surface area contributed by atoms with Gasteiger partial charge in [-0.15, -0.1) is 10.2 Å². The molecule has 116 valence electrons. The van der Waals surface area contributed by atoms with E-state index >= 15 is 0 Å². The molecule has 6 heteroatoms. The number of nitrogens with two attached hydrogens (primary N) is 1. The summed E-state index contributed by atoms with van der Waals surface area (Å²) in [6.45, 7) is 2.16. The van der Waals surface area contributed by atoms with Gasteiger partial charge in [-0.05, 0) is 24.5 Å². The molecule has 0 aliphatic heterocycles. The van der Waals surface area contributed by atoms with Crippen LogP contribution in [0, 0.1) is 0 Å². The van der Waals surface area contributed by atoms with Gasteiger partial charge in [0, 0.05) is 22.9 Å². The molecule has 1 aromatic carbocycles. The molecule has 22 heavy (non-hydrogen) atoms. The second-order valence-electron chi connectivity index (χ2n) is 5.28. The van der Waals surface area contributed by atoms with E-state index in [1.165, 1.54) is 10.9 Å². The van der Waals surface area contributed by atoms with Crippen LogP contribution in [0.25, 0.3) is 10.9 Å². The van der Waals surface area contributed by atoms with Crippen LogP contribution in [0.2, 0.25) is 0 Å². The van der Waals surface area contributed by atoms with E-state index in [4.69, 9.17) is 10.2 Å². The minimum atomic E-state index is -0.285. The Morgan fingerprint density at radius 2 is 2.18 bits per heavy atom. The molecule has 0 saturated carbocycles. The van der Waals surface area contributed by atoms with Crippen LogP contribution in [-0.2, 0) is 6.42 Å². The van der Waals surface area contributed by atoms with E-state index < -0.39 is 0 Å². The van der Waals surface area contributed by atoms with Crippen molar-refractivity contribution in [2.75, 3.05) is 5.75 Å². The molecular formula is C16H20N4OS. The van der Waals surface area contributed by atoms with Crippen molar-refractivity contribution in [3.63, 3.8) is 0 Å². The van der Waals surface area contributed by atoms with Gasteiger partial charge in [0.15, 0.2) is 0 Å². The van der Waals surface area contributed by atoms with Crippen LogP contribution in [0.5, 0.6) is 0 Å². The van der Waals surface area contributed by atoms with E-state index in [0.29, 0.717) is 17.5 Å². The van der Waals surface area contributed by atoms with Crippen molar-refractivity contribution >= 4 is 22.7 Å². The maximum atomic E-state index is 6.23. The molecule has 2 heterocycles. The van der Waals surface area contributed by atoms with Gasteiger partial charge < -0.3 is 15.1 Å². The summed E-state index contributed by atoms with van der Waals surface area (Å²) >= 11 is 1.59. The molecular weight excluding hydrogens is 296 g/mol. The monoisotopic (exact) mass is 316 g/mol. The maximum Gasteiger partial charge on any atom is 0.276 e. The summed E-state index contributed by atoms with van der Waals surface area (Å²) in [6, 6.07) is 7.90. The van der Waals surface area contributed by atoms with Crippen LogP contribution in [0.15, 0.2) is 40.1 Å². The van der Waals surface area contributed by atoms with Crippen molar-refractivity contribution in [1.29, 1.82) is 0 Å². The zero-order valence-electron chi connectivity index (χ0n) is 12.6. The summed E-state index contributed by atoms with van der Waals surface area (Å²) in [7, 11) is 0. The number of fused-ring (bicyclic) bond motifs is 1. The van der Waals surface area contributed by atoms with Crippen molar-refractivity contribution in [2.45, 2.75) is 37.5 Å². The van der Waals surface area contributed by atoms with Crippen molar-refractivity contribution in [1.82, 2.24) is 15.2 Å². The van der Waals surface area contributed by atoms with Crippen LogP contribution in [0.4, 0.5) is 0 Å². The largest absolute Gasteiger partial charge is 0.414 e. The zero-order chi connectivity index (χ0) is 15.4. The summed E-state index contributed by atoms with van der Waals surface area (Å²) < 4.78 is 5.66. The smallest absolute Gasteiger partial charge is 0.276 e. The minimum absolute atomic E-state index is 0.285. The predicted octanol–water partition coefficient (Wildman–Crippen LogP) is 3.69. The summed E-state index contributed by atoms with van der Waals surface area (Å²) in [6.07, 6.45) is 4.97. The quantitative estimate of drug-likeness (QED) is 0.513. The number of thioether (sulfide) groups is 1. The fourth-order valence-corrected chi connectivity index (χ4v) is 3.21. The summed E-state index contributed by atoms with van der Waals surface area (Å²) in [4.78, 5) is 3.26. The lowest BCUT2D eigenvalue weighted by atomic mass is 10.1. The highest BCUT2D eigenvalue weighted by atomic mass is 32.2. The molecule has 3 aromatic rings. The molecule has 2 aromatic heterocycles. The Morgan fingerprint density at radius 3 is 3.05 bits per heavy atom. The van der Waals surface area contributed by atoms with E-state index in [-0.39, 0.29) is 6.04 Å². The second kappa shape index (κ2) is 6.98. The molecule has 0 saturated heterocycles. The number of nitrogens with zero attached hydrogens (tertiary/aromatic N) is 2. The number of unbranched alkanes of at least 4 members (excludes halogenated alkanes) is 1. The molecule has 0 amide bonds. The number of hydrogen-bond donors (Lipinski definition) is 2. The summed E-state index contributed by atoms with van der Waals surface area (Å²) in [5, 5.41) is 9.94. The first-order chi connectivity index (χ1) is 10.8. The first-order valence-electron chi connectivity index (χ1n) is 7.54. The van der Waals surface area contributed by atoms with Gasteiger partial charge in [-0.3, -0.25) is 0 Å². The molecule has 5 nitrogen and oxygen atoms in total. The van der Waals surface area contributed by atoms with Gasteiger partial charge in [0.1, 0.15) is 0 Å².